The second-order valence-corrected chi connectivity index (χ2v) is 6.53. The second kappa shape index (κ2) is 7.95. The van der Waals surface area contributed by atoms with E-state index in [0.29, 0.717) is 12.2 Å². The van der Waals surface area contributed by atoms with Crippen LogP contribution in [0.4, 0.5) is 17.3 Å². The summed E-state index contributed by atoms with van der Waals surface area (Å²) in [4.78, 5) is 31.8. The highest BCUT2D eigenvalue weighted by molar-refractivity contribution is 5.97. The quantitative estimate of drug-likeness (QED) is 0.469. The van der Waals surface area contributed by atoms with E-state index in [9.17, 15) is 9.59 Å². The summed E-state index contributed by atoms with van der Waals surface area (Å²) in [6.07, 6.45) is 4.65. The van der Waals surface area contributed by atoms with Crippen molar-refractivity contribution >= 4 is 40.0 Å². The van der Waals surface area contributed by atoms with E-state index < -0.39 is 17.9 Å². The largest absolute Gasteiger partial charge is 0.368 e. The van der Waals surface area contributed by atoms with Crippen molar-refractivity contribution < 1.29 is 9.59 Å². The predicted molar refractivity (Wildman–Crippen MR) is 108 cm³/mol. The maximum absolute atomic E-state index is 11.8. The maximum atomic E-state index is 11.8. The van der Waals surface area contributed by atoms with Gasteiger partial charge in [-0.2, -0.15) is 0 Å². The normalized spacial score (nSPS) is 11.9. The molecule has 0 saturated carbocycles. The van der Waals surface area contributed by atoms with Crippen molar-refractivity contribution in [1.29, 1.82) is 0 Å². The van der Waals surface area contributed by atoms with E-state index in [1.54, 1.807) is 0 Å². The summed E-state index contributed by atoms with van der Waals surface area (Å²) in [5.74, 6) is -0.660. The molecule has 2 aromatic heterocycles. The summed E-state index contributed by atoms with van der Waals surface area (Å²) in [6.45, 7) is 1.95. The molecule has 6 N–H and O–H groups in total. The molecule has 0 aliphatic heterocycles. The second-order valence-electron chi connectivity index (χ2n) is 6.53. The number of aryl methyl sites for hydroxylation is 1. The first-order valence-corrected chi connectivity index (χ1v) is 8.94. The molecule has 0 saturated heterocycles. The minimum Gasteiger partial charge on any atom is -0.368 e. The topological polar surface area (TPSA) is 141 Å². The molecule has 0 aliphatic rings. The molecule has 0 fully saturated rings. The number of hydrogen-bond acceptors (Lipinski definition) is 6. The third-order valence-electron chi connectivity index (χ3n) is 4.40. The Morgan fingerprint density at radius 2 is 2.04 bits per heavy atom. The zero-order valence-electron chi connectivity index (χ0n) is 15.8. The van der Waals surface area contributed by atoms with Crippen molar-refractivity contribution in [2.24, 2.45) is 18.5 Å². The third-order valence-corrected chi connectivity index (χ3v) is 4.40. The smallest absolute Gasteiger partial charge is 0.271 e. The van der Waals surface area contributed by atoms with Crippen LogP contribution in [-0.4, -0.2) is 32.4 Å². The fourth-order valence-electron chi connectivity index (χ4n) is 2.97. The highest BCUT2D eigenvalue weighted by Crippen LogP contribution is 2.24. The summed E-state index contributed by atoms with van der Waals surface area (Å²) >= 11 is 0. The molecule has 9 nitrogen and oxygen atoms in total. The Kier molecular flexibility index (Phi) is 5.44. The Hall–Kier alpha value is -3.62. The van der Waals surface area contributed by atoms with Gasteiger partial charge in [-0.3, -0.25) is 9.59 Å². The molecule has 146 valence electrons. The molecule has 3 rings (SSSR count). The SMILES string of the molecule is CCC[C@@H](Nc1cnc(C(N)=O)c(Nc2ccc3c(ccn3C)c2)n1)C(N)=O. The summed E-state index contributed by atoms with van der Waals surface area (Å²) in [5, 5.41) is 7.09. The molecule has 0 unspecified atom stereocenters. The van der Waals surface area contributed by atoms with Crippen LogP contribution in [-0.2, 0) is 11.8 Å². The number of aromatic nitrogens is 3. The number of anilines is 3. The number of nitrogens with one attached hydrogen (secondary N) is 2. The number of nitrogens with two attached hydrogens (primary N) is 2. The lowest BCUT2D eigenvalue weighted by molar-refractivity contribution is -0.118. The number of hydrogen-bond donors (Lipinski definition) is 4. The molecular weight excluding hydrogens is 358 g/mol. The number of benzene rings is 1. The van der Waals surface area contributed by atoms with Gasteiger partial charge in [0.15, 0.2) is 11.5 Å². The Morgan fingerprint density at radius 1 is 1.25 bits per heavy atom. The minimum atomic E-state index is -0.706. The number of carbonyl (C=O) groups is 2. The van der Waals surface area contributed by atoms with Crippen LogP contribution in [0.5, 0.6) is 0 Å². The molecule has 1 aromatic carbocycles. The van der Waals surface area contributed by atoms with Gasteiger partial charge in [-0.25, -0.2) is 9.97 Å². The Bertz CT molecular complexity index is 1030. The molecule has 28 heavy (non-hydrogen) atoms. The van der Waals surface area contributed by atoms with Crippen LogP contribution in [0.15, 0.2) is 36.7 Å². The van der Waals surface area contributed by atoms with E-state index in [4.69, 9.17) is 11.5 Å². The highest BCUT2D eigenvalue weighted by atomic mass is 16.1. The fraction of sp³-hybridized carbons (Fsp3) is 0.263. The highest BCUT2D eigenvalue weighted by Gasteiger charge is 2.18. The van der Waals surface area contributed by atoms with Gasteiger partial charge in [-0.05, 0) is 30.7 Å². The fourth-order valence-corrected chi connectivity index (χ4v) is 2.97. The van der Waals surface area contributed by atoms with Crippen molar-refractivity contribution in [2.45, 2.75) is 25.8 Å². The van der Waals surface area contributed by atoms with Crippen LogP contribution in [0.1, 0.15) is 30.3 Å². The number of fused-ring (bicyclic) bond motifs is 1. The standard InChI is InChI=1S/C19H23N7O2/c1-3-4-13(17(20)27)24-15-10-22-16(18(21)28)19(25-15)23-12-5-6-14-11(9-12)7-8-26(14)2/h5-10,13H,3-4H2,1-2H3,(H2,20,27)(H2,21,28)(H2,23,24,25)/t13-/m1/s1. The summed E-state index contributed by atoms with van der Waals surface area (Å²) < 4.78 is 2.01. The number of nitrogens with zero attached hydrogens (tertiary/aromatic N) is 3. The van der Waals surface area contributed by atoms with E-state index in [-0.39, 0.29) is 11.5 Å². The average Bonchev–Trinajstić information content (AvgIpc) is 3.01. The van der Waals surface area contributed by atoms with Crippen LogP contribution in [0.3, 0.4) is 0 Å². The lowest BCUT2D eigenvalue weighted by Crippen LogP contribution is -2.35. The van der Waals surface area contributed by atoms with Gasteiger partial charge < -0.3 is 26.7 Å². The molecule has 0 bridgehead atoms. The molecule has 1 atom stereocenters. The summed E-state index contributed by atoms with van der Waals surface area (Å²) in [6, 6.07) is 7.18. The maximum Gasteiger partial charge on any atom is 0.271 e. The first-order valence-electron chi connectivity index (χ1n) is 8.94. The Labute approximate surface area is 162 Å². The van der Waals surface area contributed by atoms with E-state index in [0.717, 1.165) is 23.0 Å². The third kappa shape index (κ3) is 4.03. The van der Waals surface area contributed by atoms with Crippen molar-refractivity contribution in [3.8, 4) is 0 Å². The van der Waals surface area contributed by atoms with Crippen LogP contribution >= 0.6 is 0 Å². The minimum absolute atomic E-state index is 0.00447. The van der Waals surface area contributed by atoms with Gasteiger partial charge in [0.1, 0.15) is 11.9 Å². The first kappa shape index (κ1) is 19.2. The number of primary amides is 2. The monoisotopic (exact) mass is 381 g/mol. The van der Waals surface area contributed by atoms with E-state index in [1.807, 2.05) is 49.0 Å². The summed E-state index contributed by atoms with van der Waals surface area (Å²) in [5.41, 5.74) is 12.7. The summed E-state index contributed by atoms with van der Waals surface area (Å²) in [7, 11) is 1.96. The average molecular weight is 381 g/mol. The number of rotatable bonds is 8. The van der Waals surface area contributed by atoms with Gasteiger partial charge in [0.25, 0.3) is 5.91 Å². The van der Waals surface area contributed by atoms with E-state index in [2.05, 4.69) is 20.6 Å². The van der Waals surface area contributed by atoms with E-state index >= 15 is 0 Å². The van der Waals surface area contributed by atoms with Gasteiger partial charge in [-0.15, -0.1) is 0 Å². The molecule has 0 radical (unpaired) electrons. The first-order chi connectivity index (χ1) is 13.4. The van der Waals surface area contributed by atoms with Crippen LogP contribution in [0.25, 0.3) is 10.9 Å². The van der Waals surface area contributed by atoms with Crippen LogP contribution in [0.2, 0.25) is 0 Å². The van der Waals surface area contributed by atoms with Crippen molar-refractivity contribution in [3.63, 3.8) is 0 Å². The number of amides is 2. The predicted octanol–water partition coefficient (Wildman–Crippen LogP) is 1.88. The molecule has 0 aliphatic carbocycles. The zero-order valence-corrected chi connectivity index (χ0v) is 15.8. The van der Waals surface area contributed by atoms with Crippen molar-refractivity contribution in [3.05, 3.63) is 42.4 Å². The lowest BCUT2D eigenvalue weighted by atomic mass is 10.1. The van der Waals surface area contributed by atoms with Gasteiger partial charge in [0.05, 0.1) is 6.20 Å². The molecule has 3 aromatic rings. The zero-order chi connectivity index (χ0) is 20.3. The Morgan fingerprint density at radius 3 is 2.71 bits per heavy atom. The molecule has 2 heterocycles. The molecular formula is C19H23N7O2. The van der Waals surface area contributed by atoms with Crippen molar-refractivity contribution in [1.82, 2.24) is 14.5 Å². The van der Waals surface area contributed by atoms with Gasteiger partial charge >= 0.3 is 0 Å². The van der Waals surface area contributed by atoms with Gasteiger partial charge in [-0.1, -0.05) is 13.3 Å². The lowest BCUT2D eigenvalue weighted by Gasteiger charge is -2.16. The molecule has 0 spiro atoms. The molecule has 9 heteroatoms. The number of carbonyl (C=O) groups excluding carboxylic acids is 2. The molecule has 2 amide bonds. The van der Waals surface area contributed by atoms with Gasteiger partial charge in [0.2, 0.25) is 5.91 Å². The van der Waals surface area contributed by atoms with E-state index in [1.165, 1.54) is 6.20 Å². The Balaban J connectivity index is 1.92. The van der Waals surface area contributed by atoms with Crippen LogP contribution < -0.4 is 22.1 Å². The van der Waals surface area contributed by atoms with Gasteiger partial charge in [0, 0.05) is 29.8 Å². The van der Waals surface area contributed by atoms with Crippen LogP contribution in [0, 0.1) is 0 Å². The van der Waals surface area contributed by atoms with Crippen molar-refractivity contribution in [2.75, 3.05) is 10.6 Å².